The lowest BCUT2D eigenvalue weighted by atomic mass is 9.41. The number of carbonyl (C=O) groups is 1. The van der Waals surface area contributed by atoms with Gasteiger partial charge in [0.05, 0.1) is 18.3 Å². The van der Waals surface area contributed by atoms with Gasteiger partial charge in [-0.15, -0.1) is 0 Å². The third-order valence-corrected chi connectivity index (χ3v) is 14.8. The molecule has 6 fully saturated rings. The zero-order valence-corrected chi connectivity index (χ0v) is 26.0. The Kier molecular flexibility index (Phi) is 5.81. The van der Waals surface area contributed by atoms with Crippen molar-refractivity contribution < 1.29 is 19.4 Å². The highest BCUT2D eigenvalue weighted by Gasteiger charge is 2.84. The summed E-state index contributed by atoms with van der Waals surface area (Å²) in [5.41, 5.74) is 1.32. The highest BCUT2D eigenvalue weighted by Crippen LogP contribution is 2.89. The molecule has 0 radical (unpaired) electrons. The molecule has 6 rings (SSSR count). The number of aliphatic hydroxyl groups is 1. The molecule has 5 aliphatic carbocycles. The fraction of sp³-hybridized carbons (Fsp3) is 0.971. The summed E-state index contributed by atoms with van der Waals surface area (Å²) in [6.45, 7) is 23.1. The van der Waals surface area contributed by atoms with Crippen LogP contribution in [0.25, 0.3) is 0 Å². The molecular formula is C34H56O4. The van der Waals surface area contributed by atoms with Gasteiger partial charge in [0, 0.05) is 12.3 Å². The monoisotopic (exact) mass is 528 g/mol. The van der Waals surface area contributed by atoms with E-state index in [0.717, 1.165) is 18.8 Å². The second kappa shape index (κ2) is 8.02. The topological polar surface area (TPSA) is 55.8 Å². The Hall–Kier alpha value is -0.610. The Morgan fingerprint density at radius 1 is 0.974 bits per heavy atom. The number of carbonyl (C=O) groups excluding carboxylic acids is 1. The fourth-order valence-electron chi connectivity index (χ4n) is 13.0. The zero-order chi connectivity index (χ0) is 27.8. The number of esters is 1. The van der Waals surface area contributed by atoms with Gasteiger partial charge in [0.15, 0.2) is 0 Å². The molecule has 0 aromatic heterocycles. The smallest absolute Gasteiger partial charge is 0.303 e. The summed E-state index contributed by atoms with van der Waals surface area (Å²) in [6.07, 6.45) is 9.69. The van der Waals surface area contributed by atoms with Crippen molar-refractivity contribution in [3.8, 4) is 0 Å². The Bertz CT molecular complexity index is 997. The van der Waals surface area contributed by atoms with E-state index >= 15 is 0 Å². The molecule has 4 heteroatoms. The summed E-state index contributed by atoms with van der Waals surface area (Å²) in [7, 11) is 0. The normalized spacial score (nSPS) is 55.4. The molecule has 1 saturated heterocycles. The maximum absolute atomic E-state index is 12.1. The first-order valence-electron chi connectivity index (χ1n) is 16.0. The maximum atomic E-state index is 12.1. The van der Waals surface area contributed by atoms with Crippen LogP contribution in [-0.2, 0) is 14.3 Å². The molecule has 6 aliphatic rings. The lowest BCUT2D eigenvalue weighted by Crippen LogP contribution is -2.58. The van der Waals surface area contributed by atoms with Crippen LogP contribution in [0.2, 0.25) is 0 Å². The van der Waals surface area contributed by atoms with Gasteiger partial charge in [0.2, 0.25) is 0 Å². The van der Waals surface area contributed by atoms with Crippen molar-refractivity contribution in [3.05, 3.63) is 0 Å². The van der Waals surface area contributed by atoms with Crippen LogP contribution in [0.1, 0.15) is 121 Å². The van der Waals surface area contributed by atoms with Crippen LogP contribution in [0.4, 0.5) is 0 Å². The van der Waals surface area contributed by atoms with Gasteiger partial charge in [-0.3, -0.25) is 4.79 Å². The largest absolute Gasteiger partial charge is 0.459 e. The van der Waals surface area contributed by atoms with Gasteiger partial charge in [0.25, 0.3) is 0 Å². The average molecular weight is 529 g/mol. The molecule has 5 saturated carbocycles. The summed E-state index contributed by atoms with van der Waals surface area (Å²) in [5.74, 6) is 2.81. The molecule has 216 valence electrons. The molecule has 0 amide bonds. The summed E-state index contributed by atoms with van der Waals surface area (Å²) < 4.78 is 13.1. The molecule has 0 aromatic carbocycles. The Morgan fingerprint density at radius 3 is 2.24 bits per heavy atom. The van der Waals surface area contributed by atoms with E-state index in [4.69, 9.17) is 9.47 Å². The van der Waals surface area contributed by atoms with E-state index in [0.29, 0.717) is 34.5 Å². The van der Waals surface area contributed by atoms with Crippen LogP contribution >= 0.6 is 0 Å². The number of rotatable bonds is 2. The van der Waals surface area contributed by atoms with Crippen molar-refractivity contribution in [2.75, 3.05) is 0 Å². The molecule has 1 N–H and O–H groups in total. The van der Waals surface area contributed by atoms with Gasteiger partial charge in [-0.25, -0.2) is 0 Å². The van der Waals surface area contributed by atoms with E-state index in [2.05, 4.69) is 62.3 Å². The molecule has 2 spiro atoms. The maximum Gasteiger partial charge on any atom is 0.303 e. The average Bonchev–Trinajstić information content (AvgIpc) is 3.44. The highest BCUT2D eigenvalue weighted by atomic mass is 16.6. The van der Waals surface area contributed by atoms with E-state index < -0.39 is 0 Å². The highest BCUT2D eigenvalue weighted by molar-refractivity contribution is 5.66. The SMILES string of the molecule is CC(=O)O[C@@H]([C@H]1C[C@@H](C)[C@H]2[C@H](O1)[C@H](C)[C@@]1(C)[C@@H]3CC[C@@H]4C(C)(C)[C@@H](O)CCC45C[C@@]35CC[C@]21C)C(C)(C)C. The van der Waals surface area contributed by atoms with E-state index in [-0.39, 0.29) is 52.0 Å². The van der Waals surface area contributed by atoms with Crippen LogP contribution in [0, 0.1) is 62.1 Å². The summed E-state index contributed by atoms with van der Waals surface area (Å²) in [4.78, 5) is 12.1. The Balaban J connectivity index is 1.35. The fourth-order valence-corrected chi connectivity index (χ4v) is 13.0. The van der Waals surface area contributed by atoms with Gasteiger partial charge in [-0.05, 0) is 108 Å². The number of hydrogen-bond acceptors (Lipinski definition) is 4. The predicted octanol–water partition coefficient (Wildman–Crippen LogP) is 7.41. The number of hydrogen-bond donors (Lipinski definition) is 1. The lowest BCUT2D eigenvalue weighted by molar-refractivity contribution is -0.198. The quantitative estimate of drug-likeness (QED) is 0.379. The summed E-state index contributed by atoms with van der Waals surface area (Å²) in [5, 5.41) is 11.0. The van der Waals surface area contributed by atoms with Crippen molar-refractivity contribution in [1.82, 2.24) is 0 Å². The van der Waals surface area contributed by atoms with Gasteiger partial charge < -0.3 is 14.6 Å². The van der Waals surface area contributed by atoms with E-state index in [1.807, 2.05) is 0 Å². The van der Waals surface area contributed by atoms with Crippen molar-refractivity contribution in [2.45, 2.75) is 145 Å². The standard InChI is InChI=1S/C34H56O4/c1-19-17-22(28(29(4,5)6)37-21(3)35)38-27-20(2)32(10)24-12-11-23-30(7,8)25(36)13-14-33(23)18-34(24,33)16-15-31(32,9)26(19)27/h19-20,22-28,36H,11-18H2,1-10H3/t19-,20+,22-,23-,24+,25+,26+,27-,28+,31-,32+,33?,34+/m1/s1. The van der Waals surface area contributed by atoms with Crippen LogP contribution < -0.4 is 0 Å². The van der Waals surface area contributed by atoms with E-state index in [1.165, 1.54) is 45.4 Å². The molecule has 1 aliphatic heterocycles. The zero-order valence-electron chi connectivity index (χ0n) is 26.0. The predicted molar refractivity (Wildman–Crippen MR) is 150 cm³/mol. The Labute approximate surface area is 232 Å². The molecule has 4 nitrogen and oxygen atoms in total. The number of aliphatic hydroxyl groups excluding tert-OH is 1. The Morgan fingerprint density at radius 2 is 1.61 bits per heavy atom. The molecule has 1 heterocycles. The second-order valence-corrected chi connectivity index (χ2v) is 17.3. The van der Waals surface area contributed by atoms with E-state index in [1.54, 1.807) is 0 Å². The molecule has 0 bridgehead atoms. The first kappa shape index (κ1) is 27.6. The minimum absolute atomic E-state index is 0.0349. The van der Waals surface area contributed by atoms with E-state index in [9.17, 15) is 9.90 Å². The molecule has 13 atom stereocenters. The molecule has 0 aromatic rings. The first-order valence-corrected chi connectivity index (χ1v) is 16.0. The van der Waals surface area contributed by atoms with Crippen LogP contribution in [0.5, 0.6) is 0 Å². The third kappa shape index (κ3) is 3.14. The van der Waals surface area contributed by atoms with Gasteiger partial charge in [0.1, 0.15) is 6.10 Å². The number of ether oxygens (including phenoxy) is 2. The van der Waals surface area contributed by atoms with Gasteiger partial charge in [-0.1, -0.05) is 62.3 Å². The van der Waals surface area contributed by atoms with Crippen LogP contribution in [-0.4, -0.2) is 35.5 Å². The second-order valence-electron chi connectivity index (χ2n) is 17.3. The summed E-state index contributed by atoms with van der Waals surface area (Å²) >= 11 is 0. The van der Waals surface area contributed by atoms with Crippen LogP contribution in [0.3, 0.4) is 0 Å². The minimum atomic E-state index is -0.219. The number of fused-ring (bicyclic) bond motifs is 4. The molecule has 1 unspecified atom stereocenters. The third-order valence-electron chi connectivity index (χ3n) is 14.8. The lowest BCUT2D eigenvalue weighted by Gasteiger charge is -2.64. The first-order chi connectivity index (χ1) is 17.5. The minimum Gasteiger partial charge on any atom is -0.459 e. The van der Waals surface area contributed by atoms with Gasteiger partial charge >= 0.3 is 5.97 Å². The van der Waals surface area contributed by atoms with Crippen LogP contribution in [0.15, 0.2) is 0 Å². The van der Waals surface area contributed by atoms with Crippen molar-refractivity contribution in [1.29, 1.82) is 0 Å². The van der Waals surface area contributed by atoms with Crippen molar-refractivity contribution in [3.63, 3.8) is 0 Å². The van der Waals surface area contributed by atoms with Crippen molar-refractivity contribution >= 4 is 5.97 Å². The molecular weight excluding hydrogens is 472 g/mol. The van der Waals surface area contributed by atoms with Crippen molar-refractivity contribution in [2.24, 2.45) is 62.1 Å². The van der Waals surface area contributed by atoms with Gasteiger partial charge in [-0.2, -0.15) is 0 Å². The summed E-state index contributed by atoms with van der Waals surface area (Å²) in [6, 6.07) is 0. The molecule has 38 heavy (non-hydrogen) atoms.